The molecule has 1 aliphatic heterocycles. The third-order valence-electron chi connectivity index (χ3n) is 5.11. The third kappa shape index (κ3) is 6.81. The van der Waals surface area contributed by atoms with Gasteiger partial charge in [0.1, 0.15) is 5.82 Å². The van der Waals surface area contributed by atoms with Crippen LogP contribution in [0.25, 0.3) is 0 Å². The highest BCUT2D eigenvalue weighted by molar-refractivity contribution is 5.98. The SMILES string of the molecule is COC(=O)c1cc(F)c(NCCCCCCO)cc1CCC1CCC(=O)NC1=O. The Morgan fingerprint density at radius 3 is 2.72 bits per heavy atom. The Balaban J connectivity index is 2.05. The van der Waals surface area contributed by atoms with Crippen LogP contribution in [0, 0.1) is 11.7 Å². The van der Waals surface area contributed by atoms with E-state index in [1.54, 1.807) is 6.07 Å². The summed E-state index contributed by atoms with van der Waals surface area (Å²) >= 11 is 0. The van der Waals surface area contributed by atoms with Gasteiger partial charge in [-0.05, 0) is 49.8 Å². The van der Waals surface area contributed by atoms with Gasteiger partial charge in [0, 0.05) is 25.5 Å². The van der Waals surface area contributed by atoms with Crippen molar-refractivity contribution in [2.75, 3.05) is 25.6 Å². The molecule has 1 aromatic carbocycles. The number of nitrogens with one attached hydrogen (secondary N) is 2. The summed E-state index contributed by atoms with van der Waals surface area (Å²) in [6.45, 7) is 0.750. The molecule has 1 atom stereocenters. The predicted octanol–water partition coefficient (Wildman–Crippen LogP) is 2.56. The molecule has 0 radical (unpaired) electrons. The van der Waals surface area contributed by atoms with Gasteiger partial charge in [-0.2, -0.15) is 0 Å². The Morgan fingerprint density at radius 1 is 1.28 bits per heavy atom. The molecule has 1 aliphatic rings. The number of aliphatic hydroxyl groups excluding tert-OH is 1. The first-order valence-corrected chi connectivity index (χ1v) is 10.1. The summed E-state index contributed by atoms with van der Waals surface area (Å²) in [6, 6.07) is 2.76. The van der Waals surface area contributed by atoms with Gasteiger partial charge in [-0.1, -0.05) is 12.8 Å². The second-order valence-electron chi connectivity index (χ2n) is 7.23. The molecule has 0 bridgehead atoms. The summed E-state index contributed by atoms with van der Waals surface area (Å²) in [5.74, 6) is -2.05. The average molecular weight is 408 g/mol. The zero-order chi connectivity index (χ0) is 21.2. The van der Waals surface area contributed by atoms with Crippen LogP contribution in [0.2, 0.25) is 0 Å². The number of rotatable bonds is 11. The molecule has 3 N–H and O–H groups in total. The van der Waals surface area contributed by atoms with Crippen LogP contribution in [0.3, 0.4) is 0 Å². The Bertz CT molecular complexity index is 738. The second-order valence-corrected chi connectivity index (χ2v) is 7.23. The molecule has 160 valence electrons. The molecule has 8 heteroatoms. The van der Waals surface area contributed by atoms with Gasteiger partial charge in [0.05, 0.1) is 18.4 Å². The molecular formula is C21H29FN2O5. The fraction of sp³-hybridized carbons (Fsp3) is 0.571. The van der Waals surface area contributed by atoms with Crippen LogP contribution in [0.5, 0.6) is 0 Å². The van der Waals surface area contributed by atoms with Crippen molar-refractivity contribution in [1.82, 2.24) is 5.32 Å². The molecule has 7 nitrogen and oxygen atoms in total. The lowest BCUT2D eigenvalue weighted by molar-refractivity contribution is -0.136. The van der Waals surface area contributed by atoms with E-state index in [4.69, 9.17) is 9.84 Å². The van der Waals surface area contributed by atoms with Crippen LogP contribution >= 0.6 is 0 Å². The molecule has 1 unspecified atom stereocenters. The minimum Gasteiger partial charge on any atom is -0.465 e. The first kappa shape index (κ1) is 22.8. The number of ether oxygens (including phenoxy) is 1. The van der Waals surface area contributed by atoms with Gasteiger partial charge in [0.2, 0.25) is 11.8 Å². The lowest BCUT2D eigenvalue weighted by Gasteiger charge is -2.21. The summed E-state index contributed by atoms with van der Waals surface area (Å²) in [7, 11) is 1.24. The van der Waals surface area contributed by atoms with Crippen molar-refractivity contribution in [2.45, 2.75) is 51.4 Å². The smallest absolute Gasteiger partial charge is 0.338 e. The number of imide groups is 1. The standard InChI is InChI=1S/C21H29FN2O5/c1-29-21(28)16-13-17(22)18(23-10-4-2-3-5-11-25)12-15(16)7-6-14-8-9-19(26)24-20(14)27/h12-14,23,25H,2-11H2,1H3,(H,24,26,27). The number of halogens is 1. The summed E-state index contributed by atoms with van der Waals surface area (Å²) < 4.78 is 19.2. The molecular weight excluding hydrogens is 379 g/mol. The van der Waals surface area contributed by atoms with E-state index in [1.807, 2.05) is 0 Å². The van der Waals surface area contributed by atoms with Crippen molar-refractivity contribution >= 4 is 23.5 Å². The minimum absolute atomic E-state index is 0.144. The van der Waals surface area contributed by atoms with E-state index in [9.17, 15) is 18.8 Å². The van der Waals surface area contributed by atoms with Crippen LogP contribution in [-0.2, 0) is 20.7 Å². The number of methoxy groups -OCH3 is 1. The van der Waals surface area contributed by atoms with Crippen molar-refractivity contribution < 1.29 is 28.6 Å². The Morgan fingerprint density at radius 2 is 2.03 bits per heavy atom. The maximum Gasteiger partial charge on any atom is 0.338 e. The summed E-state index contributed by atoms with van der Waals surface area (Å²) in [4.78, 5) is 35.3. The van der Waals surface area contributed by atoms with Gasteiger partial charge in [0.15, 0.2) is 0 Å². The Labute approximate surface area is 170 Å². The summed E-state index contributed by atoms with van der Waals surface area (Å²) in [5, 5.41) is 14.2. The lowest BCUT2D eigenvalue weighted by atomic mass is 9.90. The molecule has 1 heterocycles. The number of anilines is 1. The summed E-state index contributed by atoms with van der Waals surface area (Å²) in [5.41, 5.74) is 1.05. The number of hydrogen-bond acceptors (Lipinski definition) is 6. The van der Waals surface area contributed by atoms with E-state index in [0.29, 0.717) is 43.5 Å². The Hall–Kier alpha value is -2.48. The second kappa shape index (κ2) is 11.5. The normalized spacial score (nSPS) is 16.4. The van der Waals surface area contributed by atoms with Crippen LogP contribution in [0.4, 0.5) is 10.1 Å². The zero-order valence-electron chi connectivity index (χ0n) is 16.8. The van der Waals surface area contributed by atoms with Crippen LogP contribution in [0.15, 0.2) is 12.1 Å². The van der Waals surface area contributed by atoms with E-state index in [0.717, 1.165) is 25.7 Å². The van der Waals surface area contributed by atoms with Gasteiger partial charge in [0.25, 0.3) is 0 Å². The highest BCUT2D eigenvalue weighted by Crippen LogP contribution is 2.25. The fourth-order valence-electron chi connectivity index (χ4n) is 3.42. The van der Waals surface area contributed by atoms with Crippen molar-refractivity contribution in [2.24, 2.45) is 5.92 Å². The molecule has 2 rings (SSSR count). The van der Waals surface area contributed by atoms with Crippen molar-refractivity contribution in [1.29, 1.82) is 0 Å². The monoisotopic (exact) mass is 408 g/mol. The van der Waals surface area contributed by atoms with Crippen LogP contribution < -0.4 is 10.6 Å². The van der Waals surface area contributed by atoms with Crippen molar-refractivity contribution in [3.05, 3.63) is 29.1 Å². The first-order valence-electron chi connectivity index (χ1n) is 10.1. The van der Waals surface area contributed by atoms with E-state index < -0.39 is 11.8 Å². The maximum absolute atomic E-state index is 14.5. The molecule has 29 heavy (non-hydrogen) atoms. The molecule has 1 saturated heterocycles. The number of aliphatic hydroxyl groups is 1. The number of carbonyl (C=O) groups excluding carboxylic acids is 3. The van der Waals surface area contributed by atoms with Crippen molar-refractivity contribution in [3.8, 4) is 0 Å². The van der Waals surface area contributed by atoms with Gasteiger partial charge >= 0.3 is 5.97 Å². The largest absolute Gasteiger partial charge is 0.465 e. The first-order chi connectivity index (χ1) is 14.0. The van der Waals surface area contributed by atoms with Gasteiger partial charge in [-0.15, -0.1) is 0 Å². The molecule has 0 aliphatic carbocycles. The topological polar surface area (TPSA) is 105 Å². The number of unbranched alkanes of at least 4 members (excludes halogenated alkanes) is 3. The number of aryl methyl sites for hydroxylation is 1. The molecule has 2 amide bonds. The molecule has 0 aromatic heterocycles. The van der Waals surface area contributed by atoms with Gasteiger partial charge in [-0.3, -0.25) is 14.9 Å². The number of esters is 1. The number of benzene rings is 1. The average Bonchev–Trinajstić information content (AvgIpc) is 2.70. The van der Waals surface area contributed by atoms with E-state index in [1.165, 1.54) is 13.2 Å². The van der Waals surface area contributed by atoms with E-state index >= 15 is 0 Å². The maximum atomic E-state index is 14.5. The lowest BCUT2D eigenvalue weighted by Crippen LogP contribution is -2.40. The van der Waals surface area contributed by atoms with Crippen LogP contribution in [-0.4, -0.2) is 43.2 Å². The van der Waals surface area contributed by atoms with Gasteiger partial charge < -0.3 is 15.2 Å². The number of hydrogen-bond donors (Lipinski definition) is 3. The molecule has 1 aromatic rings. The third-order valence-corrected chi connectivity index (χ3v) is 5.11. The highest BCUT2D eigenvalue weighted by Gasteiger charge is 2.27. The fourth-order valence-corrected chi connectivity index (χ4v) is 3.42. The van der Waals surface area contributed by atoms with E-state index in [2.05, 4.69) is 10.6 Å². The Kier molecular flexibility index (Phi) is 9.05. The van der Waals surface area contributed by atoms with Gasteiger partial charge in [-0.25, -0.2) is 9.18 Å². The number of carbonyl (C=O) groups is 3. The highest BCUT2D eigenvalue weighted by atomic mass is 19.1. The number of piperidine rings is 1. The van der Waals surface area contributed by atoms with Crippen molar-refractivity contribution in [3.63, 3.8) is 0 Å². The molecule has 0 spiro atoms. The zero-order valence-corrected chi connectivity index (χ0v) is 16.8. The van der Waals surface area contributed by atoms with Crippen LogP contribution in [0.1, 0.15) is 60.9 Å². The minimum atomic E-state index is -0.627. The van der Waals surface area contributed by atoms with E-state index in [-0.39, 0.29) is 29.9 Å². The quantitative estimate of drug-likeness (QED) is 0.295. The predicted molar refractivity (Wildman–Crippen MR) is 106 cm³/mol. The number of amides is 2. The molecule has 0 saturated carbocycles. The summed E-state index contributed by atoms with van der Waals surface area (Å²) in [6.07, 6.45) is 5.05. The molecule has 1 fully saturated rings.